The maximum absolute atomic E-state index is 12.2. The zero-order valence-corrected chi connectivity index (χ0v) is 14.1. The van der Waals surface area contributed by atoms with Crippen molar-refractivity contribution in [3.8, 4) is 11.5 Å². The highest BCUT2D eigenvalue weighted by Gasteiger charge is 2.43. The summed E-state index contributed by atoms with van der Waals surface area (Å²) in [4.78, 5) is 24.5. The number of carbonyl (C=O) groups is 2. The van der Waals surface area contributed by atoms with Gasteiger partial charge in [0.25, 0.3) is 0 Å². The van der Waals surface area contributed by atoms with E-state index in [4.69, 9.17) is 14.2 Å². The number of ether oxygens (including phenoxy) is 3. The quantitative estimate of drug-likeness (QED) is 0.754. The summed E-state index contributed by atoms with van der Waals surface area (Å²) in [5, 5.41) is 0. The summed E-state index contributed by atoms with van der Waals surface area (Å²) in [6.45, 7) is 2.42. The lowest BCUT2D eigenvalue weighted by Gasteiger charge is -2.22. The molecule has 0 aliphatic carbocycles. The Morgan fingerprint density at radius 1 is 1.12 bits per heavy atom. The second-order valence-corrected chi connectivity index (χ2v) is 6.08. The second kappa shape index (κ2) is 6.84. The van der Waals surface area contributed by atoms with Crippen LogP contribution in [-0.2, 0) is 4.74 Å². The average molecular weight is 341 g/mol. The minimum absolute atomic E-state index is 0.214. The number of hydrogen-bond acceptors (Lipinski definition) is 5. The highest BCUT2D eigenvalue weighted by molar-refractivity contribution is 5.90. The fraction of sp³-hybridized carbons (Fsp3) is 0.263. The summed E-state index contributed by atoms with van der Waals surface area (Å²) < 4.78 is 16.4. The van der Waals surface area contributed by atoms with E-state index in [1.165, 1.54) is 0 Å². The Balaban J connectivity index is 1.65. The van der Waals surface area contributed by atoms with Gasteiger partial charge < -0.3 is 14.2 Å². The summed E-state index contributed by atoms with van der Waals surface area (Å²) in [5.74, 6) is 1.34. The van der Waals surface area contributed by atoms with Gasteiger partial charge in [0.05, 0.1) is 13.7 Å². The maximum Gasteiger partial charge on any atom is 0.415 e. The van der Waals surface area contributed by atoms with Crippen molar-refractivity contribution < 1.29 is 23.8 Å². The second-order valence-electron chi connectivity index (χ2n) is 6.08. The third kappa shape index (κ3) is 3.74. The summed E-state index contributed by atoms with van der Waals surface area (Å²) in [7, 11) is 1.59. The molecular formula is C19H19NO5. The van der Waals surface area contributed by atoms with Gasteiger partial charge in [-0.2, -0.15) is 0 Å². The van der Waals surface area contributed by atoms with Gasteiger partial charge >= 0.3 is 6.09 Å². The predicted octanol–water partition coefficient (Wildman–Crippen LogP) is 3.30. The van der Waals surface area contributed by atoms with Crippen LogP contribution in [0.2, 0.25) is 0 Å². The fourth-order valence-electron chi connectivity index (χ4n) is 2.61. The molecule has 25 heavy (non-hydrogen) atoms. The number of methoxy groups -OCH3 is 1. The SMILES string of the molecule is COc1ccc(N2C[C@](C)(COc3ccc(C=O)cc3)OC2=O)cc1. The first kappa shape index (κ1) is 16.8. The Morgan fingerprint density at radius 2 is 1.76 bits per heavy atom. The molecule has 2 aromatic rings. The third-order valence-corrected chi connectivity index (χ3v) is 3.99. The highest BCUT2D eigenvalue weighted by Crippen LogP contribution is 2.29. The number of rotatable bonds is 6. The van der Waals surface area contributed by atoms with E-state index < -0.39 is 11.7 Å². The molecule has 1 aliphatic heterocycles. The lowest BCUT2D eigenvalue weighted by atomic mass is 10.1. The standard InChI is InChI=1S/C19H19NO5/c1-19(13-24-17-7-3-14(11-21)4-8-17)12-20(18(22)25-19)15-5-9-16(23-2)10-6-15/h3-11H,12-13H2,1-2H3/t19-/m1/s1. The Morgan fingerprint density at radius 3 is 2.36 bits per heavy atom. The van der Waals surface area contributed by atoms with E-state index >= 15 is 0 Å². The molecule has 0 radical (unpaired) electrons. The van der Waals surface area contributed by atoms with Crippen LogP contribution in [0.3, 0.4) is 0 Å². The van der Waals surface area contributed by atoms with Gasteiger partial charge in [-0.25, -0.2) is 4.79 Å². The van der Waals surface area contributed by atoms with Crippen LogP contribution in [0.25, 0.3) is 0 Å². The van der Waals surface area contributed by atoms with Gasteiger partial charge in [-0.3, -0.25) is 9.69 Å². The lowest BCUT2D eigenvalue weighted by molar-refractivity contribution is 0.0308. The molecule has 0 spiro atoms. The first-order chi connectivity index (χ1) is 12.0. The van der Waals surface area contributed by atoms with E-state index in [0.29, 0.717) is 17.9 Å². The van der Waals surface area contributed by atoms with Crippen LogP contribution in [0, 0.1) is 0 Å². The van der Waals surface area contributed by atoms with Crippen LogP contribution in [0.15, 0.2) is 48.5 Å². The van der Waals surface area contributed by atoms with Crippen LogP contribution < -0.4 is 14.4 Å². The van der Waals surface area contributed by atoms with Crippen molar-refractivity contribution in [3.05, 3.63) is 54.1 Å². The monoisotopic (exact) mass is 341 g/mol. The van der Waals surface area contributed by atoms with Crippen molar-refractivity contribution in [1.82, 2.24) is 0 Å². The summed E-state index contributed by atoms with van der Waals surface area (Å²) in [5.41, 5.74) is 0.557. The first-order valence-electron chi connectivity index (χ1n) is 7.86. The molecule has 1 amide bonds. The van der Waals surface area contributed by atoms with Crippen molar-refractivity contribution in [1.29, 1.82) is 0 Å². The van der Waals surface area contributed by atoms with E-state index in [2.05, 4.69) is 0 Å². The highest BCUT2D eigenvalue weighted by atomic mass is 16.6. The van der Waals surface area contributed by atoms with Crippen LogP contribution in [0.1, 0.15) is 17.3 Å². The van der Waals surface area contributed by atoms with Crippen LogP contribution in [0.4, 0.5) is 10.5 Å². The summed E-state index contributed by atoms with van der Waals surface area (Å²) >= 11 is 0. The Bertz CT molecular complexity index is 756. The Labute approximate surface area is 145 Å². The van der Waals surface area contributed by atoms with Crippen molar-refractivity contribution in [3.63, 3.8) is 0 Å². The van der Waals surface area contributed by atoms with E-state index in [1.54, 1.807) is 48.4 Å². The van der Waals surface area contributed by atoms with Crippen molar-refractivity contribution in [2.45, 2.75) is 12.5 Å². The molecule has 0 aromatic heterocycles. The van der Waals surface area contributed by atoms with Crippen molar-refractivity contribution in [2.75, 3.05) is 25.2 Å². The van der Waals surface area contributed by atoms with Gasteiger partial charge in [-0.05, 0) is 55.5 Å². The molecule has 0 unspecified atom stereocenters. The van der Waals surface area contributed by atoms with Crippen LogP contribution in [-0.4, -0.2) is 38.2 Å². The van der Waals surface area contributed by atoms with Gasteiger partial charge in [0, 0.05) is 11.3 Å². The van der Waals surface area contributed by atoms with E-state index in [1.807, 2.05) is 19.1 Å². The van der Waals surface area contributed by atoms with Crippen LogP contribution in [0.5, 0.6) is 11.5 Å². The molecule has 0 bridgehead atoms. The fourth-order valence-corrected chi connectivity index (χ4v) is 2.61. The molecular weight excluding hydrogens is 322 g/mol. The number of aldehydes is 1. The zero-order valence-electron chi connectivity index (χ0n) is 14.1. The normalized spacial score (nSPS) is 19.4. The van der Waals surface area contributed by atoms with E-state index in [-0.39, 0.29) is 6.61 Å². The van der Waals surface area contributed by atoms with Crippen molar-refractivity contribution in [2.24, 2.45) is 0 Å². The molecule has 0 N–H and O–H groups in total. The van der Waals surface area contributed by atoms with Gasteiger partial charge in [0.15, 0.2) is 5.60 Å². The number of benzene rings is 2. The Kier molecular flexibility index (Phi) is 4.61. The molecule has 1 saturated heterocycles. The van der Waals surface area contributed by atoms with E-state index in [9.17, 15) is 9.59 Å². The number of cyclic esters (lactones) is 1. The van der Waals surface area contributed by atoms with Gasteiger partial charge in [0.2, 0.25) is 0 Å². The molecule has 1 aliphatic rings. The molecule has 130 valence electrons. The Hall–Kier alpha value is -3.02. The van der Waals surface area contributed by atoms with Crippen molar-refractivity contribution >= 4 is 18.1 Å². The first-order valence-corrected chi connectivity index (χ1v) is 7.86. The topological polar surface area (TPSA) is 65.1 Å². The third-order valence-electron chi connectivity index (χ3n) is 3.99. The molecule has 2 aromatic carbocycles. The van der Waals surface area contributed by atoms with E-state index in [0.717, 1.165) is 17.7 Å². The molecule has 1 heterocycles. The molecule has 6 heteroatoms. The molecule has 0 saturated carbocycles. The van der Waals surface area contributed by atoms with Gasteiger partial charge in [-0.1, -0.05) is 0 Å². The minimum Gasteiger partial charge on any atom is -0.497 e. The zero-order chi connectivity index (χ0) is 17.9. The predicted molar refractivity (Wildman–Crippen MR) is 92.6 cm³/mol. The maximum atomic E-state index is 12.2. The smallest absolute Gasteiger partial charge is 0.415 e. The minimum atomic E-state index is -0.764. The number of nitrogens with zero attached hydrogens (tertiary/aromatic N) is 1. The average Bonchev–Trinajstić information content (AvgIpc) is 2.95. The summed E-state index contributed by atoms with van der Waals surface area (Å²) in [6, 6.07) is 14.0. The molecule has 6 nitrogen and oxygen atoms in total. The van der Waals surface area contributed by atoms with Gasteiger partial charge in [0.1, 0.15) is 24.4 Å². The molecule has 3 rings (SSSR count). The summed E-state index contributed by atoms with van der Waals surface area (Å²) in [6.07, 6.45) is 0.365. The molecule has 1 atom stereocenters. The van der Waals surface area contributed by atoms with Crippen LogP contribution >= 0.6 is 0 Å². The number of anilines is 1. The molecule has 1 fully saturated rings. The largest absolute Gasteiger partial charge is 0.497 e. The number of carbonyl (C=O) groups excluding carboxylic acids is 2. The lowest BCUT2D eigenvalue weighted by Crippen LogP contribution is -2.37. The number of amides is 1. The number of hydrogen-bond donors (Lipinski definition) is 0. The van der Waals surface area contributed by atoms with Gasteiger partial charge in [-0.15, -0.1) is 0 Å².